The number of rotatable bonds is 1. The van der Waals surface area contributed by atoms with Crippen molar-refractivity contribution in [3.63, 3.8) is 0 Å². The zero-order valence-electron chi connectivity index (χ0n) is 4.04. The molecule has 0 radical (unpaired) electrons. The van der Waals surface area contributed by atoms with Crippen LogP contribution in [-0.4, -0.2) is 29.1 Å². The van der Waals surface area contributed by atoms with Gasteiger partial charge in [0.05, 0.1) is 0 Å². The third kappa shape index (κ3) is 1.08. The van der Waals surface area contributed by atoms with Crippen molar-refractivity contribution >= 4 is 12.8 Å². The van der Waals surface area contributed by atoms with Crippen molar-refractivity contribution in [1.82, 2.24) is 4.31 Å². The summed E-state index contributed by atoms with van der Waals surface area (Å²) < 4.78 is 1.89. The van der Waals surface area contributed by atoms with E-state index in [4.69, 9.17) is 5.11 Å². The summed E-state index contributed by atoms with van der Waals surface area (Å²) >= 11 is 4.02. The van der Waals surface area contributed by atoms with E-state index in [0.29, 0.717) is 12.5 Å². The average molecular weight is 119 g/mol. The van der Waals surface area contributed by atoms with Crippen LogP contribution in [0.2, 0.25) is 0 Å². The summed E-state index contributed by atoms with van der Waals surface area (Å²) in [6, 6.07) is 0. The number of nitrogens with zero attached hydrogens (tertiary/aromatic N) is 1. The fraction of sp³-hybridized carbons (Fsp3) is 1.00. The number of hydrogen-bond acceptors (Lipinski definition) is 3. The van der Waals surface area contributed by atoms with Crippen LogP contribution in [0.4, 0.5) is 0 Å². The number of aliphatic hydroxyl groups excluding tert-OH is 1. The Hall–Kier alpha value is 0.270. The second-order valence-corrected chi connectivity index (χ2v) is 2.49. The Morgan fingerprint density at radius 3 is 2.43 bits per heavy atom. The molecule has 1 aliphatic rings. The van der Waals surface area contributed by atoms with Crippen molar-refractivity contribution < 1.29 is 5.11 Å². The predicted octanol–water partition coefficient (Wildman–Crippen LogP) is -0.245. The molecule has 7 heavy (non-hydrogen) atoms. The van der Waals surface area contributed by atoms with E-state index in [9.17, 15) is 0 Å². The molecule has 0 spiro atoms. The highest BCUT2D eigenvalue weighted by molar-refractivity contribution is 7.77. The maximum Gasteiger partial charge on any atom is 0.0484 e. The van der Waals surface area contributed by atoms with Crippen LogP contribution in [0.5, 0.6) is 0 Å². The van der Waals surface area contributed by atoms with E-state index in [2.05, 4.69) is 12.8 Å². The summed E-state index contributed by atoms with van der Waals surface area (Å²) in [5.41, 5.74) is 0. The second-order valence-electron chi connectivity index (χ2n) is 1.92. The van der Waals surface area contributed by atoms with Crippen LogP contribution in [-0.2, 0) is 0 Å². The topological polar surface area (TPSA) is 23.5 Å². The van der Waals surface area contributed by atoms with E-state index < -0.39 is 0 Å². The van der Waals surface area contributed by atoms with E-state index in [1.54, 1.807) is 0 Å². The van der Waals surface area contributed by atoms with Crippen LogP contribution >= 0.6 is 12.8 Å². The van der Waals surface area contributed by atoms with Gasteiger partial charge in [0.15, 0.2) is 0 Å². The summed E-state index contributed by atoms with van der Waals surface area (Å²) in [5, 5.41) is 8.44. The van der Waals surface area contributed by atoms with Crippen LogP contribution in [0, 0.1) is 5.92 Å². The summed E-state index contributed by atoms with van der Waals surface area (Å²) in [4.78, 5) is 0. The Morgan fingerprint density at radius 1 is 1.71 bits per heavy atom. The largest absolute Gasteiger partial charge is 0.396 e. The lowest BCUT2D eigenvalue weighted by molar-refractivity contribution is 0.127. The molecule has 1 N–H and O–H groups in total. The van der Waals surface area contributed by atoms with Crippen LogP contribution in [0.25, 0.3) is 0 Å². The molecule has 0 aliphatic carbocycles. The first-order valence-electron chi connectivity index (χ1n) is 2.37. The second kappa shape index (κ2) is 2.03. The normalized spacial score (nSPS) is 24.9. The van der Waals surface area contributed by atoms with Crippen molar-refractivity contribution in [2.75, 3.05) is 19.7 Å². The van der Waals surface area contributed by atoms with E-state index in [1.165, 1.54) is 0 Å². The zero-order valence-corrected chi connectivity index (χ0v) is 4.93. The molecule has 0 aromatic carbocycles. The van der Waals surface area contributed by atoms with Crippen molar-refractivity contribution in [3.05, 3.63) is 0 Å². The highest BCUT2D eigenvalue weighted by Crippen LogP contribution is 2.15. The summed E-state index contributed by atoms with van der Waals surface area (Å²) in [6.07, 6.45) is 0. The molecule has 0 unspecified atom stereocenters. The first-order valence-corrected chi connectivity index (χ1v) is 2.77. The van der Waals surface area contributed by atoms with Gasteiger partial charge >= 0.3 is 0 Å². The predicted molar refractivity (Wildman–Crippen MR) is 31.1 cm³/mol. The lowest BCUT2D eigenvalue weighted by atomic mass is 10.1. The van der Waals surface area contributed by atoms with Gasteiger partial charge in [-0.1, -0.05) is 12.8 Å². The molecule has 1 saturated heterocycles. The standard InChI is InChI=1S/C4H9NOS/c6-3-4-1-5(7)2-4/h4,6-7H,1-3H2. The minimum Gasteiger partial charge on any atom is -0.396 e. The number of hydrogen-bond donors (Lipinski definition) is 2. The summed E-state index contributed by atoms with van der Waals surface area (Å²) in [7, 11) is 0. The fourth-order valence-electron chi connectivity index (χ4n) is 0.658. The van der Waals surface area contributed by atoms with Crippen LogP contribution < -0.4 is 0 Å². The highest BCUT2D eigenvalue weighted by atomic mass is 32.1. The molecule has 0 aromatic heterocycles. The van der Waals surface area contributed by atoms with Gasteiger partial charge in [-0.3, -0.25) is 4.31 Å². The molecular formula is C4H9NOS. The molecule has 1 rings (SSSR count). The first-order chi connectivity index (χ1) is 3.33. The maximum absolute atomic E-state index is 8.44. The van der Waals surface area contributed by atoms with Crippen molar-refractivity contribution in [1.29, 1.82) is 0 Å². The van der Waals surface area contributed by atoms with E-state index in [-0.39, 0.29) is 0 Å². The van der Waals surface area contributed by atoms with E-state index in [1.807, 2.05) is 4.31 Å². The lowest BCUT2D eigenvalue weighted by Gasteiger charge is -2.33. The van der Waals surface area contributed by atoms with Gasteiger partial charge in [-0.15, -0.1) is 0 Å². The fourth-order valence-corrected chi connectivity index (χ4v) is 1.12. The molecule has 1 fully saturated rings. The molecule has 0 atom stereocenters. The van der Waals surface area contributed by atoms with Gasteiger partial charge in [0.1, 0.15) is 0 Å². The summed E-state index contributed by atoms with van der Waals surface area (Å²) in [5.74, 6) is 0.498. The first kappa shape index (κ1) is 5.41. The van der Waals surface area contributed by atoms with Crippen molar-refractivity contribution in [2.45, 2.75) is 0 Å². The van der Waals surface area contributed by atoms with Gasteiger partial charge in [-0.2, -0.15) is 0 Å². The maximum atomic E-state index is 8.44. The van der Waals surface area contributed by atoms with E-state index >= 15 is 0 Å². The Bertz CT molecular complexity index is 62.7. The molecule has 42 valence electrons. The SMILES string of the molecule is OCC1CN(S)C1. The van der Waals surface area contributed by atoms with E-state index in [0.717, 1.165) is 13.1 Å². The molecule has 1 aliphatic heterocycles. The third-order valence-corrected chi connectivity index (χ3v) is 1.52. The van der Waals surface area contributed by atoms with Gasteiger partial charge in [0.25, 0.3) is 0 Å². The quantitative estimate of drug-likeness (QED) is 0.465. The molecule has 0 bridgehead atoms. The Labute approximate surface area is 48.7 Å². The molecule has 2 nitrogen and oxygen atoms in total. The minimum atomic E-state index is 0.317. The molecule has 0 amide bonds. The molecule has 0 aromatic rings. The molecule has 0 saturated carbocycles. The lowest BCUT2D eigenvalue weighted by Crippen LogP contribution is -2.42. The zero-order chi connectivity index (χ0) is 5.28. The minimum absolute atomic E-state index is 0.317. The average Bonchev–Trinajstić information content (AvgIpc) is 1.58. The van der Waals surface area contributed by atoms with Crippen molar-refractivity contribution in [2.24, 2.45) is 5.92 Å². The monoisotopic (exact) mass is 119 g/mol. The van der Waals surface area contributed by atoms with Crippen LogP contribution in [0.1, 0.15) is 0 Å². The Balaban J connectivity index is 2.06. The van der Waals surface area contributed by atoms with Gasteiger partial charge in [-0.25, -0.2) is 0 Å². The highest BCUT2D eigenvalue weighted by Gasteiger charge is 2.22. The van der Waals surface area contributed by atoms with Crippen LogP contribution in [0.15, 0.2) is 0 Å². The van der Waals surface area contributed by atoms with Gasteiger partial charge in [0, 0.05) is 25.6 Å². The smallest absolute Gasteiger partial charge is 0.0484 e. The Kier molecular flexibility index (Phi) is 1.57. The molecular weight excluding hydrogens is 110 g/mol. The molecule has 3 heteroatoms. The third-order valence-electron chi connectivity index (χ3n) is 1.20. The number of thiol groups is 1. The summed E-state index contributed by atoms with van der Waals surface area (Å²) in [6.45, 7) is 2.20. The van der Waals surface area contributed by atoms with Gasteiger partial charge < -0.3 is 5.11 Å². The molecule has 1 heterocycles. The number of aliphatic hydroxyl groups is 1. The van der Waals surface area contributed by atoms with Crippen LogP contribution in [0.3, 0.4) is 0 Å². The van der Waals surface area contributed by atoms with Gasteiger partial charge in [0.2, 0.25) is 0 Å². The van der Waals surface area contributed by atoms with Crippen molar-refractivity contribution in [3.8, 4) is 0 Å². The Morgan fingerprint density at radius 2 is 2.29 bits per heavy atom. The van der Waals surface area contributed by atoms with Gasteiger partial charge in [-0.05, 0) is 0 Å².